The maximum atomic E-state index is 12.7. The summed E-state index contributed by atoms with van der Waals surface area (Å²) in [6, 6.07) is 8.92. The Balaban J connectivity index is 1.81. The van der Waals surface area contributed by atoms with Crippen molar-refractivity contribution in [1.29, 1.82) is 0 Å². The van der Waals surface area contributed by atoms with Gasteiger partial charge in [0.05, 0.1) is 18.2 Å². The lowest BCUT2D eigenvalue weighted by Gasteiger charge is -2.46. The van der Waals surface area contributed by atoms with E-state index in [0.717, 1.165) is 30.6 Å². The molecule has 0 aliphatic carbocycles. The van der Waals surface area contributed by atoms with Crippen molar-refractivity contribution in [3.63, 3.8) is 0 Å². The average Bonchev–Trinajstić information content (AvgIpc) is 2.96. The Labute approximate surface area is 141 Å². The van der Waals surface area contributed by atoms with Crippen LogP contribution < -0.4 is 0 Å². The van der Waals surface area contributed by atoms with Gasteiger partial charge >= 0.3 is 5.97 Å². The van der Waals surface area contributed by atoms with E-state index in [1.807, 2.05) is 6.92 Å². The molecule has 4 heteroatoms. The fourth-order valence-electron chi connectivity index (χ4n) is 4.96. The molecule has 0 spiro atoms. The summed E-state index contributed by atoms with van der Waals surface area (Å²) in [7, 11) is 0. The molecule has 1 aromatic carbocycles. The molecule has 4 nitrogen and oxygen atoms in total. The van der Waals surface area contributed by atoms with Crippen LogP contribution in [0.2, 0.25) is 0 Å². The van der Waals surface area contributed by atoms with Crippen molar-refractivity contribution in [1.82, 2.24) is 9.47 Å². The van der Waals surface area contributed by atoms with Gasteiger partial charge in [0.2, 0.25) is 0 Å². The number of ether oxygens (including phenoxy) is 1. The van der Waals surface area contributed by atoms with Gasteiger partial charge < -0.3 is 9.30 Å². The highest BCUT2D eigenvalue weighted by Gasteiger charge is 2.43. The molecule has 1 aromatic heterocycles. The topological polar surface area (TPSA) is 34.5 Å². The number of nitrogens with zero attached hydrogens (tertiary/aromatic N) is 2. The first-order valence-corrected chi connectivity index (χ1v) is 9.05. The van der Waals surface area contributed by atoms with E-state index in [4.69, 9.17) is 4.74 Å². The van der Waals surface area contributed by atoms with Gasteiger partial charge in [-0.25, -0.2) is 4.79 Å². The number of esters is 1. The summed E-state index contributed by atoms with van der Waals surface area (Å²) in [4.78, 5) is 15.3. The van der Waals surface area contributed by atoms with E-state index in [2.05, 4.69) is 39.8 Å². The minimum atomic E-state index is -0.192. The molecule has 124 valence electrons. The average molecular weight is 322 g/mol. The Morgan fingerprint density at radius 3 is 3.04 bits per heavy atom. The summed E-state index contributed by atoms with van der Waals surface area (Å²) >= 11 is 0. The van der Waals surface area contributed by atoms with E-state index >= 15 is 0 Å². The number of piperidine rings is 1. The van der Waals surface area contributed by atoms with Gasteiger partial charge in [0.1, 0.15) is 5.70 Å². The van der Waals surface area contributed by atoms with E-state index in [-0.39, 0.29) is 5.97 Å². The largest absolute Gasteiger partial charge is 0.461 e. The van der Waals surface area contributed by atoms with Crippen LogP contribution in [0.25, 0.3) is 16.6 Å². The third-order valence-corrected chi connectivity index (χ3v) is 5.83. The van der Waals surface area contributed by atoms with Crippen molar-refractivity contribution < 1.29 is 9.53 Å². The van der Waals surface area contributed by atoms with Gasteiger partial charge in [0, 0.05) is 23.5 Å². The number of rotatable bonds is 2. The number of hydrogen-bond donors (Lipinski definition) is 0. The molecule has 1 fully saturated rings. The van der Waals surface area contributed by atoms with Crippen LogP contribution >= 0.6 is 0 Å². The highest BCUT2D eigenvalue weighted by atomic mass is 16.5. The monoisotopic (exact) mass is 322 g/mol. The molecule has 0 bridgehead atoms. The van der Waals surface area contributed by atoms with Gasteiger partial charge in [-0.3, -0.25) is 4.90 Å². The molecule has 0 saturated carbocycles. The zero-order valence-corrected chi connectivity index (χ0v) is 14.0. The molecule has 24 heavy (non-hydrogen) atoms. The maximum absolute atomic E-state index is 12.7. The van der Waals surface area contributed by atoms with Gasteiger partial charge in [0.25, 0.3) is 0 Å². The van der Waals surface area contributed by atoms with Crippen LogP contribution in [-0.2, 0) is 16.0 Å². The molecule has 0 radical (unpaired) electrons. The lowest BCUT2D eigenvalue weighted by molar-refractivity contribution is -0.136. The highest BCUT2D eigenvalue weighted by molar-refractivity contribution is 6.13. The van der Waals surface area contributed by atoms with Crippen molar-refractivity contribution in [2.45, 2.75) is 32.2 Å². The molecular formula is C20H22N2O2. The Hall–Kier alpha value is -2.07. The summed E-state index contributed by atoms with van der Waals surface area (Å²) < 4.78 is 7.58. The van der Waals surface area contributed by atoms with E-state index in [1.165, 1.54) is 29.6 Å². The summed E-state index contributed by atoms with van der Waals surface area (Å²) in [6.07, 6.45) is 5.62. The van der Waals surface area contributed by atoms with Crippen molar-refractivity contribution >= 4 is 22.6 Å². The van der Waals surface area contributed by atoms with Crippen LogP contribution in [0, 0.1) is 5.92 Å². The van der Waals surface area contributed by atoms with E-state index < -0.39 is 0 Å². The third-order valence-electron chi connectivity index (χ3n) is 5.83. The molecule has 1 saturated heterocycles. The Kier molecular flexibility index (Phi) is 3.10. The molecule has 2 atom stereocenters. The van der Waals surface area contributed by atoms with Gasteiger partial charge in [0.15, 0.2) is 0 Å². The number of fused-ring (bicyclic) bond motifs is 3. The summed E-state index contributed by atoms with van der Waals surface area (Å²) in [6.45, 7) is 4.59. The highest BCUT2D eigenvalue weighted by Crippen LogP contribution is 2.49. The summed E-state index contributed by atoms with van der Waals surface area (Å²) in [5, 5.41) is 1.30. The number of hydrogen-bond acceptors (Lipinski definition) is 3. The summed E-state index contributed by atoms with van der Waals surface area (Å²) in [5.41, 5.74) is 4.65. The number of carbonyl (C=O) groups is 1. The van der Waals surface area contributed by atoms with Gasteiger partial charge in [-0.05, 0) is 50.4 Å². The number of para-hydroxylation sites is 1. The number of benzene rings is 1. The van der Waals surface area contributed by atoms with Crippen molar-refractivity contribution in [3.05, 3.63) is 41.6 Å². The number of carbonyl (C=O) groups excluding carboxylic acids is 1. The number of aromatic nitrogens is 1. The van der Waals surface area contributed by atoms with Crippen LogP contribution in [0.4, 0.5) is 0 Å². The zero-order chi connectivity index (χ0) is 16.3. The second kappa shape index (κ2) is 5.21. The summed E-state index contributed by atoms with van der Waals surface area (Å²) in [5.74, 6) is 0.233. The second-order valence-corrected chi connectivity index (χ2v) is 7.03. The first-order valence-electron chi connectivity index (χ1n) is 9.05. The first kappa shape index (κ1) is 14.3. The molecule has 2 aromatic rings. The fourth-order valence-corrected chi connectivity index (χ4v) is 4.96. The minimum absolute atomic E-state index is 0.192. The first-order chi connectivity index (χ1) is 11.8. The lowest BCUT2D eigenvalue weighted by atomic mass is 9.80. The standard InChI is InChI=1S/C20H22N2O2/c1-2-24-20(23)17-12-13-6-5-10-21-11-9-15-14-7-3-4-8-16(14)22(17)19(15)18(13)21/h3-4,7-8,12-13,18H,2,5-6,9-11H2,1H3. The van der Waals surface area contributed by atoms with Crippen LogP contribution in [0.1, 0.15) is 37.1 Å². The van der Waals surface area contributed by atoms with Crippen LogP contribution in [0.3, 0.4) is 0 Å². The molecule has 0 N–H and O–H groups in total. The SMILES string of the molecule is CCOC(=O)C1=CC2CCCN3CCc4c(n1c1ccccc41)C23. The molecular weight excluding hydrogens is 300 g/mol. The Morgan fingerprint density at radius 1 is 1.29 bits per heavy atom. The molecule has 4 heterocycles. The predicted octanol–water partition coefficient (Wildman–Crippen LogP) is 3.37. The molecule has 5 rings (SSSR count). The third kappa shape index (κ3) is 1.80. The smallest absolute Gasteiger partial charge is 0.354 e. The minimum Gasteiger partial charge on any atom is -0.461 e. The molecule has 3 aliphatic heterocycles. The van der Waals surface area contributed by atoms with Crippen LogP contribution in [-0.4, -0.2) is 35.1 Å². The molecule has 0 amide bonds. The molecule has 2 unspecified atom stereocenters. The molecule has 3 aliphatic rings. The Bertz CT molecular complexity index is 864. The zero-order valence-electron chi connectivity index (χ0n) is 14.0. The van der Waals surface area contributed by atoms with Gasteiger partial charge in [-0.15, -0.1) is 0 Å². The van der Waals surface area contributed by atoms with E-state index in [0.29, 0.717) is 18.6 Å². The normalized spacial score (nSPS) is 25.3. The quantitative estimate of drug-likeness (QED) is 0.795. The van der Waals surface area contributed by atoms with Crippen molar-refractivity contribution in [3.8, 4) is 0 Å². The van der Waals surface area contributed by atoms with Gasteiger partial charge in [-0.2, -0.15) is 0 Å². The van der Waals surface area contributed by atoms with Crippen molar-refractivity contribution in [2.75, 3.05) is 19.7 Å². The maximum Gasteiger partial charge on any atom is 0.354 e. The van der Waals surface area contributed by atoms with E-state index in [1.54, 1.807) is 0 Å². The predicted molar refractivity (Wildman–Crippen MR) is 93.6 cm³/mol. The lowest BCUT2D eigenvalue weighted by Crippen LogP contribution is -2.45. The Morgan fingerprint density at radius 2 is 2.17 bits per heavy atom. The van der Waals surface area contributed by atoms with Crippen molar-refractivity contribution in [2.24, 2.45) is 5.92 Å². The van der Waals surface area contributed by atoms with Crippen LogP contribution in [0.5, 0.6) is 0 Å². The second-order valence-electron chi connectivity index (χ2n) is 7.03. The van der Waals surface area contributed by atoms with Crippen LogP contribution in [0.15, 0.2) is 30.3 Å². The van der Waals surface area contributed by atoms with E-state index in [9.17, 15) is 4.79 Å². The van der Waals surface area contributed by atoms with Gasteiger partial charge in [-0.1, -0.05) is 18.2 Å². The fraction of sp³-hybridized carbons (Fsp3) is 0.450.